The van der Waals surface area contributed by atoms with Crippen LogP contribution in [0.3, 0.4) is 0 Å². The minimum absolute atomic E-state index is 0.00306. The van der Waals surface area contributed by atoms with Gasteiger partial charge in [-0.05, 0) is 54.7 Å². The van der Waals surface area contributed by atoms with Crippen LogP contribution in [0, 0.1) is 11.3 Å². The molecule has 0 spiro atoms. The molecule has 0 aliphatic carbocycles. The van der Waals surface area contributed by atoms with Gasteiger partial charge in [0.25, 0.3) is 11.8 Å². The lowest BCUT2D eigenvalue weighted by Crippen LogP contribution is -2.38. The lowest BCUT2D eigenvalue weighted by atomic mass is 9.89. The van der Waals surface area contributed by atoms with Crippen LogP contribution in [-0.2, 0) is 7.05 Å². The molecule has 1 aliphatic rings. The van der Waals surface area contributed by atoms with Crippen molar-refractivity contribution < 1.29 is 9.59 Å². The van der Waals surface area contributed by atoms with Gasteiger partial charge in [-0.1, -0.05) is 0 Å². The molecule has 3 aromatic heterocycles. The van der Waals surface area contributed by atoms with Crippen molar-refractivity contribution in [2.75, 3.05) is 18.4 Å². The summed E-state index contributed by atoms with van der Waals surface area (Å²) < 4.78 is 2.10. The van der Waals surface area contributed by atoms with Gasteiger partial charge in [-0.3, -0.25) is 14.6 Å². The van der Waals surface area contributed by atoms with E-state index in [0.29, 0.717) is 36.0 Å². The summed E-state index contributed by atoms with van der Waals surface area (Å²) in [7, 11) is 2.02. The molecular weight excluding hydrogens is 448 g/mol. The zero-order valence-electron chi connectivity index (χ0n) is 18.6. The molecule has 34 heavy (non-hydrogen) atoms. The van der Waals surface area contributed by atoms with Gasteiger partial charge in [0.2, 0.25) is 0 Å². The summed E-state index contributed by atoms with van der Waals surface area (Å²) in [4.78, 5) is 35.4. The number of benzene rings is 1. The van der Waals surface area contributed by atoms with Crippen LogP contribution in [0.5, 0.6) is 0 Å². The molecule has 1 aromatic carbocycles. The van der Waals surface area contributed by atoms with Gasteiger partial charge in [0.1, 0.15) is 11.4 Å². The zero-order valence-corrected chi connectivity index (χ0v) is 19.4. The molecule has 0 bridgehead atoms. The van der Waals surface area contributed by atoms with E-state index in [0.717, 1.165) is 23.7 Å². The third-order valence-electron chi connectivity index (χ3n) is 6.27. The van der Waals surface area contributed by atoms with Crippen LogP contribution in [0.25, 0.3) is 10.9 Å². The van der Waals surface area contributed by atoms with Crippen LogP contribution < -0.4 is 5.32 Å². The quantitative estimate of drug-likeness (QED) is 0.482. The molecule has 4 heterocycles. The Balaban J connectivity index is 1.35. The van der Waals surface area contributed by atoms with Crippen LogP contribution >= 0.6 is 11.3 Å². The topological polar surface area (TPSA) is 104 Å². The summed E-state index contributed by atoms with van der Waals surface area (Å²) in [5.41, 5.74) is 5.76. The normalized spacial score (nSPS) is 14.2. The van der Waals surface area contributed by atoms with E-state index in [1.165, 1.54) is 29.2 Å². The van der Waals surface area contributed by atoms with Gasteiger partial charge < -0.3 is 14.8 Å². The molecule has 4 aromatic rings. The predicted octanol–water partition coefficient (Wildman–Crippen LogP) is 4.17. The number of aryl methyl sites for hydroxylation is 1. The van der Waals surface area contributed by atoms with Gasteiger partial charge in [0.15, 0.2) is 0 Å². The molecule has 1 fully saturated rings. The number of anilines is 1. The van der Waals surface area contributed by atoms with Crippen LogP contribution in [-0.4, -0.2) is 44.3 Å². The second kappa shape index (κ2) is 9.08. The fourth-order valence-corrected chi connectivity index (χ4v) is 5.04. The standard InChI is InChI=1S/C25H22N6O2S/c1-30-13-20(17-5-8-31(9-6-17)25(33)22-14-34-15-28-22)19-11-18(2-3-23(19)30)29-24(32)21-10-16(12-26)4-7-27-21/h2-4,7,10-11,13-15,17H,5-6,8-9H2,1H3,(H,29,32). The number of carbonyl (C=O) groups is 2. The van der Waals surface area contributed by atoms with Crippen LogP contribution in [0.15, 0.2) is 53.6 Å². The van der Waals surface area contributed by atoms with Gasteiger partial charge >= 0.3 is 0 Å². The first-order valence-corrected chi connectivity index (χ1v) is 11.9. The smallest absolute Gasteiger partial charge is 0.274 e. The van der Waals surface area contributed by atoms with Gasteiger partial charge in [-0.25, -0.2) is 4.98 Å². The average Bonchev–Trinajstić information content (AvgIpc) is 3.52. The number of aromatic nitrogens is 3. The van der Waals surface area contributed by atoms with Crippen LogP contribution in [0.4, 0.5) is 5.69 Å². The maximum absolute atomic E-state index is 12.7. The number of nitrogens with one attached hydrogen (secondary N) is 1. The Kier molecular flexibility index (Phi) is 5.82. The predicted molar refractivity (Wildman–Crippen MR) is 130 cm³/mol. The van der Waals surface area contributed by atoms with Gasteiger partial charge in [-0.2, -0.15) is 5.26 Å². The summed E-state index contributed by atoms with van der Waals surface area (Å²) in [5, 5.41) is 14.8. The minimum Gasteiger partial charge on any atom is -0.350 e. The number of rotatable bonds is 4. The number of nitrogens with zero attached hydrogens (tertiary/aromatic N) is 5. The molecule has 0 radical (unpaired) electrons. The van der Waals surface area contributed by atoms with E-state index >= 15 is 0 Å². The van der Waals surface area contributed by atoms with Crippen molar-refractivity contribution in [1.29, 1.82) is 5.26 Å². The van der Waals surface area contributed by atoms with Gasteiger partial charge in [-0.15, -0.1) is 11.3 Å². The molecule has 0 unspecified atom stereocenters. The number of amides is 2. The number of hydrogen-bond acceptors (Lipinski definition) is 6. The summed E-state index contributed by atoms with van der Waals surface area (Å²) in [6, 6.07) is 10.9. The van der Waals surface area contributed by atoms with E-state index in [2.05, 4.69) is 26.0 Å². The molecule has 1 N–H and O–H groups in total. The molecule has 1 aliphatic heterocycles. The Hall–Kier alpha value is -4.03. The summed E-state index contributed by atoms with van der Waals surface area (Å²) >= 11 is 1.43. The highest BCUT2D eigenvalue weighted by Crippen LogP contribution is 2.35. The molecule has 2 amide bonds. The molecule has 1 saturated heterocycles. The monoisotopic (exact) mass is 470 g/mol. The summed E-state index contributed by atoms with van der Waals surface area (Å²) in [5.74, 6) is -0.0393. The molecule has 8 nitrogen and oxygen atoms in total. The molecule has 0 atom stereocenters. The van der Waals surface area contributed by atoms with E-state index < -0.39 is 0 Å². The first kappa shape index (κ1) is 21.8. The van der Waals surface area contributed by atoms with E-state index in [4.69, 9.17) is 5.26 Å². The fraction of sp³-hybridized carbons (Fsp3) is 0.240. The SMILES string of the molecule is Cn1cc(C2CCN(C(=O)c3cscn3)CC2)c2cc(NC(=O)c3cc(C#N)ccn3)ccc21. The Morgan fingerprint density at radius 1 is 1.15 bits per heavy atom. The number of thiazole rings is 1. The van der Waals surface area contributed by atoms with Crippen molar-refractivity contribution in [2.45, 2.75) is 18.8 Å². The van der Waals surface area contributed by atoms with Crippen LogP contribution in [0.2, 0.25) is 0 Å². The molecular formula is C25H22N6O2S. The second-order valence-corrected chi connectivity index (χ2v) is 9.08. The Morgan fingerprint density at radius 2 is 1.97 bits per heavy atom. The molecule has 0 saturated carbocycles. The highest BCUT2D eigenvalue weighted by Gasteiger charge is 2.27. The minimum atomic E-state index is -0.359. The van der Waals surface area contributed by atoms with Crippen molar-refractivity contribution in [3.8, 4) is 6.07 Å². The maximum Gasteiger partial charge on any atom is 0.274 e. The number of piperidine rings is 1. The lowest BCUT2D eigenvalue weighted by Gasteiger charge is -2.31. The molecule has 9 heteroatoms. The van der Waals surface area contributed by atoms with Crippen LogP contribution in [0.1, 0.15) is 50.9 Å². The maximum atomic E-state index is 12.7. The third-order valence-corrected chi connectivity index (χ3v) is 6.86. The number of likely N-dealkylation sites (tertiary alicyclic amines) is 1. The first-order chi connectivity index (χ1) is 16.5. The van der Waals surface area contributed by atoms with Crippen molar-refractivity contribution in [3.63, 3.8) is 0 Å². The van der Waals surface area contributed by atoms with Crippen molar-refractivity contribution in [2.24, 2.45) is 7.05 Å². The Morgan fingerprint density at radius 3 is 2.71 bits per heavy atom. The van der Waals surface area contributed by atoms with E-state index in [9.17, 15) is 9.59 Å². The second-order valence-electron chi connectivity index (χ2n) is 8.36. The Bertz CT molecular complexity index is 1410. The number of nitriles is 1. The molecule has 5 rings (SSSR count). The van der Waals surface area contributed by atoms with Crippen molar-refractivity contribution >= 4 is 39.7 Å². The van der Waals surface area contributed by atoms with E-state index in [1.807, 2.05) is 36.2 Å². The molecule has 170 valence electrons. The lowest BCUT2D eigenvalue weighted by molar-refractivity contribution is 0.0708. The summed E-state index contributed by atoms with van der Waals surface area (Å²) in [6.07, 6.45) is 5.35. The highest BCUT2D eigenvalue weighted by molar-refractivity contribution is 7.07. The van der Waals surface area contributed by atoms with Gasteiger partial charge in [0.05, 0.1) is 17.1 Å². The Labute approximate surface area is 200 Å². The average molecular weight is 471 g/mol. The largest absolute Gasteiger partial charge is 0.350 e. The number of fused-ring (bicyclic) bond motifs is 1. The highest BCUT2D eigenvalue weighted by atomic mass is 32.1. The number of carbonyl (C=O) groups excluding carboxylic acids is 2. The zero-order chi connectivity index (χ0) is 23.7. The third kappa shape index (κ3) is 4.16. The fourth-order valence-electron chi connectivity index (χ4n) is 4.52. The first-order valence-electron chi connectivity index (χ1n) is 11.0. The van der Waals surface area contributed by atoms with Crippen molar-refractivity contribution in [3.05, 3.63) is 76.1 Å². The summed E-state index contributed by atoms with van der Waals surface area (Å²) in [6.45, 7) is 1.38. The number of hydrogen-bond donors (Lipinski definition) is 1. The number of pyridine rings is 1. The van der Waals surface area contributed by atoms with E-state index in [-0.39, 0.29) is 17.5 Å². The van der Waals surface area contributed by atoms with Gasteiger partial charge in [0, 0.05) is 54.5 Å². The van der Waals surface area contributed by atoms with Crippen molar-refractivity contribution in [1.82, 2.24) is 19.4 Å². The van der Waals surface area contributed by atoms with E-state index in [1.54, 1.807) is 17.0 Å².